The minimum atomic E-state index is 0.960. The van der Waals surface area contributed by atoms with Crippen LogP contribution in [0, 0.1) is 0 Å². The van der Waals surface area contributed by atoms with Crippen molar-refractivity contribution in [3.05, 3.63) is 175 Å². The number of aromatic nitrogens is 2. The smallest absolute Gasteiger partial charge is 0.142 e. The van der Waals surface area contributed by atoms with Gasteiger partial charge in [-0.15, -0.1) is 0 Å². The lowest BCUT2D eigenvalue weighted by atomic mass is 9.99. The molecule has 0 N–H and O–H groups in total. The second-order valence-corrected chi connectivity index (χ2v) is 13.6. The monoisotopic (exact) mass is 652 g/mol. The third kappa shape index (κ3) is 4.25. The molecule has 0 saturated carbocycles. The SMILES string of the molecule is C1=Cc2c(oc3c(-c4ccc(-n5c6ccccc6c6cc(-c7ccc8c(c7)c7ccccc7n8-c7ccccc7)ccc65)cc4)cccc23)CC1. The van der Waals surface area contributed by atoms with E-state index in [0.717, 1.165) is 41.0 Å². The van der Waals surface area contributed by atoms with E-state index in [2.05, 4.69) is 179 Å². The first-order valence-corrected chi connectivity index (χ1v) is 17.7. The number of furan rings is 1. The van der Waals surface area contributed by atoms with Gasteiger partial charge in [-0.05, 0) is 83.8 Å². The molecule has 240 valence electrons. The fourth-order valence-electron chi connectivity index (χ4n) is 8.43. The highest BCUT2D eigenvalue weighted by Crippen LogP contribution is 2.40. The van der Waals surface area contributed by atoms with E-state index in [4.69, 9.17) is 4.42 Å². The molecule has 0 unspecified atom stereocenters. The molecular weight excluding hydrogens is 621 g/mol. The normalized spacial score (nSPS) is 12.9. The second-order valence-electron chi connectivity index (χ2n) is 13.6. The topological polar surface area (TPSA) is 23.0 Å². The Morgan fingerprint density at radius 3 is 1.65 bits per heavy atom. The van der Waals surface area contributed by atoms with Gasteiger partial charge in [0.1, 0.15) is 11.3 Å². The molecule has 3 aromatic heterocycles. The van der Waals surface area contributed by atoms with E-state index in [-0.39, 0.29) is 0 Å². The number of allylic oxidation sites excluding steroid dienone is 1. The zero-order valence-electron chi connectivity index (χ0n) is 27.9. The Hall–Kier alpha value is -6.58. The van der Waals surface area contributed by atoms with E-state index in [1.807, 2.05) is 0 Å². The highest BCUT2D eigenvalue weighted by molar-refractivity contribution is 6.12. The number of nitrogens with zero attached hydrogens (tertiary/aromatic N) is 2. The summed E-state index contributed by atoms with van der Waals surface area (Å²) in [4.78, 5) is 0. The van der Waals surface area contributed by atoms with Gasteiger partial charge in [-0.2, -0.15) is 0 Å². The Balaban J connectivity index is 1.03. The van der Waals surface area contributed by atoms with Crippen molar-refractivity contribution >= 4 is 60.7 Å². The van der Waals surface area contributed by atoms with Gasteiger partial charge in [0.05, 0.1) is 22.1 Å². The van der Waals surface area contributed by atoms with Crippen LogP contribution in [0.1, 0.15) is 17.7 Å². The molecule has 0 aliphatic heterocycles. The lowest BCUT2D eigenvalue weighted by molar-refractivity contribution is 0.547. The van der Waals surface area contributed by atoms with E-state index in [0.29, 0.717) is 0 Å². The lowest BCUT2D eigenvalue weighted by Gasteiger charge is -2.10. The number of para-hydroxylation sites is 4. The second kappa shape index (κ2) is 11.0. The summed E-state index contributed by atoms with van der Waals surface area (Å²) in [6.07, 6.45) is 6.46. The molecule has 7 aromatic carbocycles. The molecule has 1 aliphatic carbocycles. The quantitative estimate of drug-likeness (QED) is 0.186. The van der Waals surface area contributed by atoms with Gasteiger partial charge in [0.2, 0.25) is 0 Å². The van der Waals surface area contributed by atoms with Gasteiger partial charge in [0.25, 0.3) is 0 Å². The molecular formula is C48H32N2O. The van der Waals surface area contributed by atoms with Gasteiger partial charge >= 0.3 is 0 Å². The molecule has 0 atom stereocenters. The summed E-state index contributed by atoms with van der Waals surface area (Å²) in [7, 11) is 0. The Morgan fingerprint density at radius 1 is 0.431 bits per heavy atom. The summed E-state index contributed by atoms with van der Waals surface area (Å²) in [6, 6.07) is 57.4. The number of benzene rings is 7. The van der Waals surface area contributed by atoms with E-state index in [1.165, 1.54) is 71.4 Å². The molecule has 3 nitrogen and oxygen atoms in total. The van der Waals surface area contributed by atoms with E-state index in [9.17, 15) is 0 Å². The summed E-state index contributed by atoms with van der Waals surface area (Å²) in [6.45, 7) is 0. The summed E-state index contributed by atoms with van der Waals surface area (Å²) in [5.41, 5.74) is 14.1. The zero-order chi connectivity index (χ0) is 33.5. The Morgan fingerprint density at radius 2 is 0.980 bits per heavy atom. The molecule has 0 bridgehead atoms. The van der Waals surface area contributed by atoms with Crippen molar-refractivity contribution in [1.29, 1.82) is 0 Å². The molecule has 0 fully saturated rings. The van der Waals surface area contributed by atoms with E-state index in [1.54, 1.807) is 0 Å². The predicted octanol–water partition coefficient (Wildman–Crippen LogP) is 12.9. The van der Waals surface area contributed by atoms with E-state index >= 15 is 0 Å². The molecule has 11 rings (SSSR count). The molecule has 0 spiro atoms. The fourth-order valence-corrected chi connectivity index (χ4v) is 8.43. The van der Waals surface area contributed by atoms with Crippen molar-refractivity contribution in [3.63, 3.8) is 0 Å². The number of rotatable bonds is 4. The first-order chi connectivity index (χ1) is 25.3. The molecule has 3 heterocycles. The van der Waals surface area contributed by atoms with Crippen LogP contribution in [0.5, 0.6) is 0 Å². The van der Waals surface area contributed by atoms with Crippen LogP contribution in [-0.2, 0) is 6.42 Å². The largest absolute Gasteiger partial charge is 0.460 e. The lowest BCUT2D eigenvalue weighted by Crippen LogP contribution is -1.94. The Labute approximate surface area is 294 Å². The molecule has 0 saturated heterocycles. The van der Waals surface area contributed by atoms with Crippen LogP contribution in [0.15, 0.2) is 168 Å². The van der Waals surface area contributed by atoms with E-state index < -0.39 is 0 Å². The van der Waals surface area contributed by atoms with Gasteiger partial charge in [-0.3, -0.25) is 0 Å². The molecule has 3 heteroatoms. The first-order valence-electron chi connectivity index (χ1n) is 17.7. The average Bonchev–Trinajstić information content (AvgIpc) is 3.86. The summed E-state index contributed by atoms with van der Waals surface area (Å²) >= 11 is 0. The van der Waals surface area contributed by atoms with Crippen LogP contribution in [0.25, 0.3) is 94.3 Å². The highest BCUT2D eigenvalue weighted by Gasteiger charge is 2.19. The predicted molar refractivity (Wildman–Crippen MR) is 213 cm³/mol. The third-order valence-electron chi connectivity index (χ3n) is 10.8. The van der Waals surface area contributed by atoms with Crippen LogP contribution in [0.2, 0.25) is 0 Å². The zero-order valence-corrected chi connectivity index (χ0v) is 27.9. The number of fused-ring (bicyclic) bond motifs is 9. The highest BCUT2D eigenvalue weighted by atomic mass is 16.3. The van der Waals surface area contributed by atoms with Gasteiger partial charge in [0, 0.05) is 55.9 Å². The summed E-state index contributed by atoms with van der Waals surface area (Å²) in [5.74, 6) is 1.10. The maximum atomic E-state index is 6.45. The minimum Gasteiger partial charge on any atom is -0.460 e. The van der Waals surface area contributed by atoms with Crippen molar-refractivity contribution in [2.75, 3.05) is 0 Å². The maximum absolute atomic E-state index is 6.45. The van der Waals surface area contributed by atoms with Crippen molar-refractivity contribution in [1.82, 2.24) is 9.13 Å². The number of hydrogen-bond donors (Lipinski definition) is 0. The summed E-state index contributed by atoms with van der Waals surface area (Å²) < 4.78 is 11.2. The first kappa shape index (κ1) is 28.3. The minimum absolute atomic E-state index is 0.960. The van der Waals surface area contributed by atoms with Gasteiger partial charge in [-0.25, -0.2) is 0 Å². The number of aryl methyl sites for hydroxylation is 1. The fraction of sp³-hybridized carbons (Fsp3) is 0.0417. The maximum Gasteiger partial charge on any atom is 0.142 e. The number of hydrogen-bond acceptors (Lipinski definition) is 1. The molecule has 1 aliphatic rings. The van der Waals surface area contributed by atoms with Gasteiger partial charge in [-0.1, -0.05) is 109 Å². The van der Waals surface area contributed by atoms with Gasteiger partial charge < -0.3 is 13.6 Å². The molecule has 51 heavy (non-hydrogen) atoms. The van der Waals surface area contributed by atoms with Gasteiger partial charge in [0.15, 0.2) is 0 Å². The van der Waals surface area contributed by atoms with Crippen LogP contribution in [0.3, 0.4) is 0 Å². The third-order valence-corrected chi connectivity index (χ3v) is 10.8. The van der Waals surface area contributed by atoms with Crippen molar-refractivity contribution < 1.29 is 4.42 Å². The van der Waals surface area contributed by atoms with Crippen molar-refractivity contribution in [2.24, 2.45) is 0 Å². The summed E-state index contributed by atoms with van der Waals surface area (Å²) in [5, 5.41) is 6.22. The van der Waals surface area contributed by atoms with Crippen LogP contribution in [0.4, 0.5) is 0 Å². The van der Waals surface area contributed by atoms with Crippen molar-refractivity contribution in [2.45, 2.75) is 12.8 Å². The Kier molecular flexibility index (Phi) is 6.08. The molecule has 0 amide bonds. The molecule has 0 radical (unpaired) electrons. The van der Waals surface area contributed by atoms with Crippen LogP contribution in [-0.4, -0.2) is 9.13 Å². The standard InChI is InChI=1S/C48H32N2O/c1-2-11-34(12-3-1)49-43-18-7-4-13-37(43)41-29-32(23-27-45(41)49)33-24-28-46-42(30-33)38-14-5-8-19-44(38)50(46)35-25-21-31(22-26-35)36-16-10-17-40-39-15-6-9-20-47(39)51-48(36)40/h1-8,10-19,21-30H,9,20H2. The molecule has 10 aromatic rings. The Bertz CT molecular complexity index is 3010. The van der Waals surface area contributed by atoms with Crippen molar-refractivity contribution in [3.8, 4) is 33.6 Å². The average molecular weight is 653 g/mol. The van der Waals surface area contributed by atoms with Crippen LogP contribution >= 0.6 is 0 Å². The van der Waals surface area contributed by atoms with Crippen LogP contribution < -0.4 is 0 Å².